The van der Waals surface area contributed by atoms with Crippen molar-refractivity contribution in [3.8, 4) is 0 Å². The Morgan fingerprint density at radius 2 is 2.06 bits per heavy atom. The zero-order valence-electron chi connectivity index (χ0n) is 10.4. The van der Waals surface area contributed by atoms with Gasteiger partial charge in [-0.15, -0.1) is 5.73 Å². The molecule has 18 heavy (non-hydrogen) atoms. The molecule has 0 spiro atoms. The molecule has 2 aliphatic rings. The third-order valence-corrected chi connectivity index (χ3v) is 3.43. The van der Waals surface area contributed by atoms with Crippen molar-refractivity contribution in [2.24, 2.45) is 11.7 Å². The second-order valence-corrected chi connectivity index (χ2v) is 4.70. The maximum Gasteiger partial charge on any atom is 0.0359 e. The van der Waals surface area contributed by atoms with Gasteiger partial charge in [-0.25, -0.2) is 0 Å². The predicted molar refractivity (Wildman–Crippen MR) is 77.4 cm³/mol. The fourth-order valence-corrected chi connectivity index (χ4v) is 2.50. The van der Waals surface area contributed by atoms with Gasteiger partial charge in [-0.05, 0) is 34.9 Å². The Morgan fingerprint density at radius 3 is 2.94 bits per heavy atom. The molecule has 0 saturated carbocycles. The van der Waals surface area contributed by atoms with Gasteiger partial charge in [-0.2, -0.15) is 0 Å². The van der Waals surface area contributed by atoms with Crippen LogP contribution in [0.1, 0.15) is 23.6 Å². The summed E-state index contributed by atoms with van der Waals surface area (Å²) >= 11 is 0. The zero-order chi connectivity index (χ0) is 12.5. The largest absolute Gasteiger partial charge is 0.398 e. The number of benzene rings is 1. The molecule has 0 aliphatic heterocycles. The van der Waals surface area contributed by atoms with Gasteiger partial charge in [0, 0.05) is 17.2 Å². The van der Waals surface area contributed by atoms with Gasteiger partial charge in [0.1, 0.15) is 0 Å². The number of rotatable bonds is 0. The molecule has 1 aromatic rings. The molecule has 0 amide bonds. The van der Waals surface area contributed by atoms with Crippen molar-refractivity contribution in [2.45, 2.75) is 6.92 Å². The lowest BCUT2D eigenvalue weighted by atomic mass is 9.82. The highest BCUT2D eigenvalue weighted by Gasteiger charge is 2.19. The van der Waals surface area contributed by atoms with E-state index in [-0.39, 0.29) is 0 Å². The number of allylic oxidation sites excluding steroid dienone is 5. The first kappa shape index (κ1) is 10.9. The zero-order valence-corrected chi connectivity index (χ0v) is 10.4. The van der Waals surface area contributed by atoms with Gasteiger partial charge in [0.2, 0.25) is 0 Å². The molecule has 1 unspecified atom stereocenters. The first-order valence-corrected chi connectivity index (χ1v) is 6.17. The minimum Gasteiger partial charge on any atom is -0.398 e. The number of fused-ring (bicyclic) bond motifs is 1. The summed E-state index contributed by atoms with van der Waals surface area (Å²) in [5, 5.41) is 0. The summed E-state index contributed by atoms with van der Waals surface area (Å²) in [4.78, 5) is 0. The van der Waals surface area contributed by atoms with E-state index in [0.717, 1.165) is 11.3 Å². The molecule has 3 rings (SSSR count). The molecule has 1 heteroatoms. The Labute approximate surface area is 107 Å². The summed E-state index contributed by atoms with van der Waals surface area (Å²) in [6, 6.07) is 6.42. The fourth-order valence-electron chi connectivity index (χ4n) is 2.50. The van der Waals surface area contributed by atoms with Crippen LogP contribution in [0.25, 0.3) is 17.3 Å². The molecule has 1 nitrogen and oxygen atoms in total. The Bertz CT molecular complexity index is 650. The SMILES string of the molecule is CC1C=C(N)c2ccc3cc2/C1=C\C=C=C/C=C\3. The van der Waals surface area contributed by atoms with Crippen molar-refractivity contribution in [3.63, 3.8) is 0 Å². The van der Waals surface area contributed by atoms with Crippen LogP contribution >= 0.6 is 0 Å². The normalized spacial score (nSPS) is 25.1. The van der Waals surface area contributed by atoms with Crippen molar-refractivity contribution in [1.29, 1.82) is 0 Å². The van der Waals surface area contributed by atoms with Crippen LogP contribution in [-0.4, -0.2) is 0 Å². The fraction of sp³-hybridized carbons (Fsp3) is 0.118. The summed E-state index contributed by atoms with van der Waals surface area (Å²) in [6.45, 7) is 2.17. The van der Waals surface area contributed by atoms with E-state index in [1.165, 1.54) is 16.7 Å². The lowest BCUT2D eigenvalue weighted by Crippen LogP contribution is -2.11. The van der Waals surface area contributed by atoms with E-state index < -0.39 is 0 Å². The molecule has 2 bridgehead atoms. The molecule has 1 atom stereocenters. The monoisotopic (exact) mass is 233 g/mol. The molecular weight excluding hydrogens is 218 g/mol. The van der Waals surface area contributed by atoms with Gasteiger partial charge >= 0.3 is 0 Å². The first-order valence-electron chi connectivity index (χ1n) is 6.17. The maximum atomic E-state index is 6.12. The van der Waals surface area contributed by atoms with Gasteiger partial charge in [-0.1, -0.05) is 43.4 Å². The van der Waals surface area contributed by atoms with E-state index in [4.69, 9.17) is 5.73 Å². The van der Waals surface area contributed by atoms with Crippen LogP contribution in [0.2, 0.25) is 0 Å². The number of hydrogen-bond donors (Lipinski definition) is 1. The Hall–Kier alpha value is -2.24. The van der Waals surface area contributed by atoms with Crippen LogP contribution in [0.4, 0.5) is 0 Å². The minimum atomic E-state index is 0.342. The van der Waals surface area contributed by atoms with Crippen LogP contribution in [0, 0.1) is 5.92 Å². The standard InChI is InChI=1S/C17H15N/c1-12-10-17(18)15-9-8-13-6-4-2-3-5-7-14(12)16(15)11-13/h2,4-12H,18H2,1H3/b6-4-,14-7-. The maximum absolute atomic E-state index is 6.12. The molecule has 0 fully saturated rings. The average molecular weight is 233 g/mol. The second kappa shape index (κ2) is 4.21. The molecule has 0 saturated heterocycles. The van der Waals surface area contributed by atoms with Crippen molar-refractivity contribution in [1.82, 2.24) is 0 Å². The van der Waals surface area contributed by atoms with Crippen LogP contribution in [0.5, 0.6) is 0 Å². The summed E-state index contributed by atoms with van der Waals surface area (Å²) < 4.78 is 0. The Balaban J connectivity index is 2.32. The lowest BCUT2D eigenvalue weighted by Gasteiger charge is -2.23. The van der Waals surface area contributed by atoms with E-state index in [2.05, 4.69) is 49.1 Å². The molecule has 2 aliphatic carbocycles. The topological polar surface area (TPSA) is 26.0 Å². The van der Waals surface area contributed by atoms with Crippen LogP contribution in [-0.2, 0) is 0 Å². The van der Waals surface area contributed by atoms with E-state index in [1.54, 1.807) is 0 Å². The van der Waals surface area contributed by atoms with Crippen molar-refractivity contribution < 1.29 is 0 Å². The molecule has 88 valence electrons. The highest BCUT2D eigenvalue weighted by Crippen LogP contribution is 2.36. The highest BCUT2D eigenvalue weighted by molar-refractivity contribution is 5.86. The van der Waals surface area contributed by atoms with E-state index in [0.29, 0.717) is 5.92 Å². The van der Waals surface area contributed by atoms with Gasteiger partial charge in [0.05, 0.1) is 0 Å². The molecule has 2 N–H and O–H groups in total. The Kier molecular flexibility index (Phi) is 2.55. The van der Waals surface area contributed by atoms with Crippen molar-refractivity contribution in [2.75, 3.05) is 0 Å². The van der Waals surface area contributed by atoms with E-state index >= 15 is 0 Å². The van der Waals surface area contributed by atoms with Crippen LogP contribution in [0.15, 0.2) is 54.3 Å². The number of nitrogens with two attached hydrogens (primary N) is 1. The van der Waals surface area contributed by atoms with Crippen LogP contribution in [0.3, 0.4) is 0 Å². The van der Waals surface area contributed by atoms with E-state index in [9.17, 15) is 0 Å². The minimum absolute atomic E-state index is 0.342. The third-order valence-electron chi connectivity index (χ3n) is 3.43. The highest BCUT2D eigenvalue weighted by atomic mass is 14.6. The summed E-state index contributed by atoms with van der Waals surface area (Å²) in [5.41, 5.74) is 15.0. The average Bonchev–Trinajstić information content (AvgIpc) is 2.36. The summed E-state index contributed by atoms with van der Waals surface area (Å²) in [5.74, 6) is 0.342. The summed E-state index contributed by atoms with van der Waals surface area (Å²) in [6.07, 6.45) is 12.2. The smallest absolute Gasteiger partial charge is 0.0359 e. The molecular formula is C17H15N. The predicted octanol–water partition coefficient (Wildman–Crippen LogP) is 3.76. The van der Waals surface area contributed by atoms with Crippen LogP contribution < -0.4 is 5.73 Å². The number of hydrogen-bond acceptors (Lipinski definition) is 1. The summed E-state index contributed by atoms with van der Waals surface area (Å²) in [7, 11) is 0. The molecule has 1 aromatic carbocycles. The van der Waals surface area contributed by atoms with Gasteiger partial charge in [-0.3, -0.25) is 0 Å². The third kappa shape index (κ3) is 1.75. The van der Waals surface area contributed by atoms with Gasteiger partial charge < -0.3 is 5.73 Å². The first-order chi connectivity index (χ1) is 8.75. The molecule has 0 radical (unpaired) electrons. The quantitative estimate of drug-likeness (QED) is 0.678. The molecule has 0 aromatic heterocycles. The van der Waals surface area contributed by atoms with Gasteiger partial charge in [0.25, 0.3) is 0 Å². The molecule has 0 heterocycles. The Morgan fingerprint density at radius 1 is 1.17 bits per heavy atom. The van der Waals surface area contributed by atoms with E-state index in [1.807, 2.05) is 18.2 Å². The second-order valence-electron chi connectivity index (χ2n) is 4.70. The van der Waals surface area contributed by atoms with Crippen molar-refractivity contribution in [3.05, 3.63) is 71.0 Å². The van der Waals surface area contributed by atoms with Gasteiger partial charge in [0.15, 0.2) is 0 Å². The lowest BCUT2D eigenvalue weighted by molar-refractivity contribution is 0.950. The van der Waals surface area contributed by atoms with Crippen molar-refractivity contribution >= 4 is 17.3 Å².